The van der Waals surface area contributed by atoms with Gasteiger partial charge >= 0.3 is 18.1 Å². The van der Waals surface area contributed by atoms with E-state index >= 15 is 0 Å². The summed E-state index contributed by atoms with van der Waals surface area (Å²) in [6.45, 7) is 2.87. The number of aliphatic carboxylic acids is 1. The summed E-state index contributed by atoms with van der Waals surface area (Å²) >= 11 is 0. The predicted molar refractivity (Wildman–Crippen MR) is 130 cm³/mol. The van der Waals surface area contributed by atoms with Crippen LogP contribution in [0.3, 0.4) is 0 Å². The van der Waals surface area contributed by atoms with Crippen molar-refractivity contribution in [1.29, 1.82) is 0 Å². The van der Waals surface area contributed by atoms with Crippen molar-refractivity contribution in [2.45, 2.75) is 51.0 Å². The van der Waals surface area contributed by atoms with Crippen LogP contribution in [0.1, 0.15) is 51.0 Å². The van der Waals surface area contributed by atoms with E-state index in [0.29, 0.717) is 6.42 Å². The third-order valence-corrected chi connectivity index (χ3v) is 6.16. The Morgan fingerprint density at radius 3 is 2.28 bits per heavy atom. The number of rotatable bonds is 12. The number of hydrogen-bond acceptors (Lipinski definition) is 7. The molecule has 2 N–H and O–H groups in total. The highest BCUT2D eigenvalue weighted by Crippen LogP contribution is 2.55. The summed E-state index contributed by atoms with van der Waals surface area (Å²) in [5.74, 6) is -2.66. The van der Waals surface area contributed by atoms with Crippen molar-refractivity contribution in [3.05, 3.63) is 60.2 Å². The summed E-state index contributed by atoms with van der Waals surface area (Å²) < 4.78 is 14.3. The summed E-state index contributed by atoms with van der Waals surface area (Å²) in [6, 6.07) is 18.0. The molecule has 1 aliphatic carbocycles. The van der Waals surface area contributed by atoms with Crippen molar-refractivity contribution in [1.82, 2.24) is 5.32 Å². The normalized spacial score (nSPS) is 19.0. The largest absolute Gasteiger partial charge is 0.511 e. The molecule has 192 valence electrons. The Morgan fingerprint density at radius 1 is 0.972 bits per heavy atom. The van der Waals surface area contributed by atoms with Crippen molar-refractivity contribution >= 4 is 24.0 Å². The highest BCUT2D eigenvalue weighted by molar-refractivity contribution is 5.82. The molecule has 3 atom stereocenters. The Kier molecular flexibility index (Phi) is 9.05. The number of ether oxygens (including phenoxy) is 3. The van der Waals surface area contributed by atoms with E-state index in [4.69, 9.17) is 9.84 Å². The zero-order valence-electron chi connectivity index (χ0n) is 20.4. The van der Waals surface area contributed by atoms with Crippen molar-refractivity contribution in [2.24, 2.45) is 5.92 Å². The van der Waals surface area contributed by atoms with Crippen LogP contribution < -0.4 is 5.32 Å². The lowest BCUT2D eigenvalue weighted by molar-refractivity contribution is -0.158. The SMILES string of the molecule is CCOC(=O)OCOC(=O)[C@H](C)CC1(NC(=O)CCC(=O)O)C[C@@H]1c1ccc(-c2ccccc2)cc1. The standard InChI is InChI=1S/C27H31NO8/c1-3-34-26(33)36-17-35-25(32)18(2)15-27(28-23(29)13-14-24(30)31)16-22(27)21-11-9-20(10-12-21)19-7-5-4-6-8-19/h4-12,18,22H,3,13-17H2,1-2H3,(H,28,29)(H,30,31)/t18-,22-,27?/m1/s1. The van der Waals surface area contributed by atoms with E-state index in [2.05, 4.69) is 14.8 Å². The average Bonchev–Trinajstić information content (AvgIpc) is 3.56. The number of carboxylic acids is 1. The minimum atomic E-state index is -1.05. The second-order valence-electron chi connectivity index (χ2n) is 8.86. The van der Waals surface area contributed by atoms with E-state index in [1.165, 1.54) is 0 Å². The molecule has 2 aromatic rings. The van der Waals surface area contributed by atoms with Gasteiger partial charge in [-0.15, -0.1) is 0 Å². The van der Waals surface area contributed by atoms with E-state index in [1.807, 2.05) is 54.6 Å². The lowest BCUT2D eigenvalue weighted by Gasteiger charge is -2.23. The van der Waals surface area contributed by atoms with E-state index in [-0.39, 0.29) is 37.7 Å². The van der Waals surface area contributed by atoms with Gasteiger partial charge in [-0.25, -0.2) is 4.79 Å². The van der Waals surface area contributed by atoms with Crippen LogP contribution in [0.5, 0.6) is 0 Å². The summed E-state index contributed by atoms with van der Waals surface area (Å²) in [5.41, 5.74) is 2.47. The lowest BCUT2D eigenvalue weighted by atomic mass is 9.94. The predicted octanol–water partition coefficient (Wildman–Crippen LogP) is 4.26. The number of carbonyl (C=O) groups excluding carboxylic acids is 3. The fourth-order valence-electron chi connectivity index (χ4n) is 4.32. The van der Waals surface area contributed by atoms with Gasteiger partial charge in [0.15, 0.2) is 0 Å². The van der Waals surface area contributed by atoms with Gasteiger partial charge in [-0.05, 0) is 36.5 Å². The van der Waals surface area contributed by atoms with Gasteiger partial charge in [-0.1, -0.05) is 61.5 Å². The smallest absolute Gasteiger partial charge is 0.481 e. The topological polar surface area (TPSA) is 128 Å². The molecule has 36 heavy (non-hydrogen) atoms. The molecule has 0 saturated heterocycles. The molecule has 9 heteroatoms. The first-order valence-corrected chi connectivity index (χ1v) is 11.9. The second-order valence-corrected chi connectivity index (χ2v) is 8.86. The second kappa shape index (κ2) is 12.2. The molecular weight excluding hydrogens is 466 g/mol. The minimum absolute atomic E-state index is 0.0397. The summed E-state index contributed by atoms with van der Waals surface area (Å²) in [6.07, 6.45) is -0.464. The van der Waals surface area contributed by atoms with Crippen LogP contribution in [0, 0.1) is 5.92 Å². The third-order valence-electron chi connectivity index (χ3n) is 6.16. The molecule has 0 heterocycles. The maximum Gasteiger partial charge on any atom is 0.511 e. The zero-order valence-corrected chi connectivity index (χ0v) is 20.4. The molecular formula is C27H31NO8. The Morgan fingerprint density at radius 2 is 1.64 bits per heavy atom. The van der Waals surface area contributed by atoms with Gasteiger partial charge in [-0.2, -0.15) is 0 Å². The summed E-state index contributed by atoms with van der Waals surface area (Å²) in [5, 5.41) is 11.9. The van der Waals surface area contributed by atoms with Crippen molar-refractivity contribution in [2.75, 3.05) is 13.4 Å². The van der Waals surface area contributed by atoms with Gasteiger partial charge in [0, 0.05) is 17.9 Å². The zero-order chi connectivity index (χ0) is 26.1. The van der Waals surface area contributed by atoms with Crippen LogP contribution in [-0.2, 0) is 28.6 Å². The van der Waals surface area contributed by atoms with Gasteiger partial charge in [0.2, 0.25) is 12.7 Å². The maximum atomic E-state index is 12.5. The Labute approximate surface area is 209 Å². The minimum Gasteiger partial charge on any atom is -0.481 e. The molecule has 0 spiro atoms. The summed E-state index contributed by atoms with van der Waals surface area (Å²) in [4.78, 5) is 47.1. The fourth-order valence-corrected chi connectivity index (χ4v) is 4.32. The molecule has 1 fully saturated rings. The number of carboxylic acid groups (broad SMARTS) is 1. The van der Waals surface area contributed by atoms with Gasteiger partial charge in [0.25, 0.3) is 0 Å². The molecule has 0 radical (unpaired) electrons. The van der Waals surface area contributed by atoms with Crippen molar-refractivity contribution < 1.29 is 38.5 Å². The average molecular weight is 498 g/mol. The van der Waals surface area contributed by atoms with Crippen LogP contribution in [0.4, 0.5) is 4.79 Å². The van der Waals surface area contributed by atoms with Crippen LogP contribution in [0.25, 0.3) is 11.1 Å². The molecule has 1 unspecified atom stereocenters. The molecule has 1 amide bonds. The van der Waals surface area contributed by atoms with Crippen molar-refractivity contribution in [3.8, 4) is 11.1 Å². The molecule has 0 aliphatic heterocycles. The first-order valence-electron chi connectivity index (χ1n) is 11.9. The molecule has 2 aromatic carbocycles. The van der Waals surface area contributed by atoms with E-state index in [0.717, 1.165) is 16.7 Å². The van der Waals surface area contributed by atoms with Crippen molar-refractivity contribution in [3.63, 3.8) is 0 Å². The highest BCUT2D eigenvalue weighted by atomic mass is 16.8. The Hall–Kier alpha value is -3.88. The van der Waals surface area contributed by atoms with Crippen LogP contribution in [-0.4, -0.2) is 48.0 Å². The van der Waals surface area contributed by atoms with Gasteiger partial charge < -0.3 is 24.6 Å². The van der Waals surface area contributed by atoms with Gasteiger partial charge in [0.1, 0.15) is 0 Å². The van der Waals surface area contributed by atoms with Crippen LogP contribution in [0.2, 0.25) is 0 Å². The number of nitrogens with one attached hydrogen (secondary N) is 1. The molecule has 1 aliphatic rings. The van der Waals surface area contributed by atoms with E-state index in [9.17, 15) is 19.2 Å². The van der Waals surface area contributed by atoms with E-state index < -0.39 is 36.3 Å². The van der Waals surface area contributed by atoms with Gasteiger partial charge in [0.05, 0.1) is 18.9 Å². The van der Waals surface area contributed by atoms with E-state index in [1.54, 1.807) is 13.8 Å². The molecule has 1 saturated carbocycles. The maximum absolute atomic E-state index is 12.5. The number of amides is 1. The lowest BCUT2D eigenvalue weighted by Crippen LogP contribution is -2.41. The van der Waals surface area contributed by atoms with Crippen LogP contribution >= 0.6 is 0 Å². The quantitative estimate of drug-likeness (QED) is 0.329. The summed E-state index contributed by atoms with van der Waals surface area (Å²) in [7, 11) is 0. The van der Waals surface area contributed by atoms with Crippen LogP contribution in [0.15, 0.2) is 54.6 Å². The molecule has 3 rings (SSSR count). The Balaban J connectivity index is 1.68. The van der Waals surface area contributed by atoms with Gasteiger partial charge in [-0.3, -0.25) is 14.4 Å². The molecule has 9 nitrogen and oxygen atoms in total. The third kappa shape index (κ3) is 7.31. The fraction of sp³-hybridized carbons (Fsp3) is 0.407. The number of carbonyl (C=O) groups is 4. The molecule has 0 bridgehead atoms. The monoisotopic (exact) mass is 497 g/mol. The first kappa shape index (κ1) is 26.7. The number of hydrogen-bond donors (Lipinski definition) is 2. The first-order chi connectivity index (χ1) is 17.2. The number of benzene rings is 2. The number of esters is 1. The highest BCUT2D eigenvalue weighted by Gasteiger charge is 2.56. The Bertz CT molecular complexity index is 1070. The molecule has 0 aromatic heterocycles.